The van der Waals surface area contributed by atoms with Crippen LogP contribution in [0.3, 0.4) is 0 Å². The summed E-state index contributed by atoms with van der Waals surface area (Å²) in [5.74, 6) is 5.45. The third-order valence-electron chi connectivity index (χ3n) is 1.77. The second kappa shape index (κ2) is 4.06. The van der Waals surface area contributed by atoms with Crippen molar-refractivity contribution in [1.29, 1.82) is 0 Å². The monoisotopic (exact) mass is 177 g/mol. The number of hydrogen-bond acceptors (Lipinski definition) is 1. The Hall–Kier alpha value is -1.33. The van der Waals surface area contributed by atoms with Crippen molar-refractivity contribution in [2.45, 2.75) is 13.8 Å². The summed E-state index contributed by atoms with van der Waals surface area (Å²) in [6, 6.07) is 3.45. The average molecular weight is 177 g/mol. The maximum Gasteiger partial charge on any atom is 0.129 e. The van der Waals surface area contributed by atoms with Crippen LogP contribution in [0.1, 0.15) is 16.7 Å². The summed E-state index contributed by atoms with van der Waals surface area (Å²) >= 11 is 0. The SMILES string of the molecule is Cc1cc(C#CCN)cc(C)c1F. The van der Waals surface area contributed by atoms with Crippen molar-refractivity contribution in [3.05, 3.63) is 34.6 Å². The van der Waals surface area contributed by atoms with E-state index in [0.717, 1.165) is 5.56 Å². The summed E-state index contributed by atoms with van der Waals surface area (Å²) in [7, 11) is 0. The molecule has 0 aliphatic heterocycles. The molecule has 0 saturated heterocycles. The molecule has 0 aromatic heterocycles. The zero-order valence-electron chi connectivity index (χ0n) is 7.82. The summed E-state index contributed by atoms with van der Waals surface area (Å²) in [5.41, 5.74) is 7.31. The Morgan fingerprint density at radius 3 is 2.31 bits per heavy atom. The Balaban J connectivity index is 3.13. The number of benzene rings is 1. The fraction of sp³-hybridized carbons (Fsp3) is 0.273. The van der Waals surface area contributed by atoms with E-state index >= 15 is 0 Å². The molecule has 0 aliphatic carbocycles. The molecule has 1 aromatic carbocycles. The van der Waals surface area contributed by atoms with Gasteiger partial charge >= 0.3 is 0 Å². The largest absolute Gasteiger partial charge is 0.320 e. The van der Waals surface area contributed by atoms with Crippen molar-refractivity contribution in [1.82, 2.24) is 0 Å². The lowest BCUT2D eigenvalue weighted by Crippen LogP contribution is -1.94. The molecule has 13 heavy (non-hydrogen) atoms. The van der Waals surface area contributed by atoms with E-state index in [1.165, 1.54) is 0 Å². The van der Waals surface area contributed by atoms with Crippen LogP contribution in [-0.2, 0) is 0 Å². The van der Waals surface area contributed by atoms with Gasteiger partial charge in [0.2, 0.25) is 0 Å². The van der Waals surface area contributed by atoms with Crippen LogP contribution in [0.15, 0.2) is 12.1 Å². The van der Waals surface area contributed by atoms with Gasteiger partial charge in [-0.15, -0.1) is 0 Å². The van der Waals surface area contributed by atoms with Crippen LogP contribution < -0.4 is 5.73 Å². The highest BCUT2D eigenvalue weighted by molar-refractivity contribution is 5.40. The fourth-order valence-corrected chi connectivity index (χ4v) is 1.17. The van der Waals surface area contributed by atoms with Crippen molar-refractivity contribution in [3.63, 3.8) is 0 Å². The van der Waals surface area contributed by atoms with Gasteiger partial charge in [-0.1, -0.05) is 11.8 Å². The highest BCUT2D eigenvalue weighted by Gasteiger charge is 2.01. The van der Waals surface area contributed by atoms with Gasteiger partial charge in [0, 0.05) is 5.56 Å². The molecule has 0 atom stereocenters. The number of rotatable bonds is 0. The maximum absolute atomic E-state index is 13.2. The lowest BCUT2D eigenvalue weighted by molar-refractivity contribution is 0.609. The Labute approximate surface area is 77.8 Å². The first-order chi connectivity index (χ1) is 6.15. The molecule has 0 radical (unpaired) electrons. The van der Waals surface area contributed by atoms with Crippen molar-refractivity contribution < 1.29 is 4.39 Å². The molecule has 0 saturated carbocycles. The molecule has 0 spiro atoms. The normalized spacial score (nSPS) is 9.23. The molecule has 0 fully saturated rings. The smallest absolute Gasteiger partial charge is 0.129 e. The minimum Gasteiger partial charge on any atom is -0.320 e. The zero-order valence-corrected chi connectivity index (χ0v) is 7.82. The molecule has 0 heterocycles. The maximum atomic E-state index is 13.2. The van der Waals surface area contributed by atoms with Crippen LogP contribution in [0.25, 0.3) is 0 Å². The molecule has 0 unspecified atom stereocenters. The molecule has 2 heteroatoms. The van der Waals surface area contributed by atoms with E-state index in [0.29, 0.717) is 17.7 Å². The van der Waals surface area contributed by atoms with Gasteiger partial charge in [0.15, 0.2) is 0 Å². The Kier molecular flexibility index (Phi) is 3.05. The van der Waals surface area contributed by atoms with Crippen LogP contribution in [-0.4, -0.2) is 6.54 Å². The lowest BCUT2D eigenvalue weighted by Gasteiger charge is -2.01. The van der Waals surface area contributed by atoms with Crippen LogP contribution >= 0.6 is 0 Å². The molecule has 68 valence electrons. The van der Waals surface area contributed by atoms with Gasteiger partial charge in [-0.2, -0.15) is 0 Å². The second-order valence-corrected chi connectivity index (χ2v) is 2.93. The van der Waals surface area contributed by atoms with E-state index in [2.05, 4.69) is 11.8 Å². The Bertz CT molecular complexity index is 348. The average Bonchev–Trinajstić information content (AvgIpc) is 2.10. The van der Waals surface area contributed by atoms with E-state index in [9.17, 15) is 4.39 Å². The van der Waals surface area contributed by atoms with Crippen LogP contribution in [0.2, 0.25) is 0 Å². The van der Waals surface area contributed by atoms with Crippen LogP contribution in [0.5, 0.6) is 0 Å². The molecule has 2 N–H and O–H groups in total. The van der Waals surface area contributed by atoms with E-state index in [1.807, 2.05) is 0 Å². The summed E-state index contributed by atoms with van der Waals surface area (Å²) in [4.78, 5) is 0. The van der Waals surface area contributed by atoms with Crippen LogP contribution in [0, 0.1) is 31.5 Å². The van der Waals surface area contributed by atoms with Gasteiger partial charge in [-0.3, -0.25) is 0 Å². The zero-order chi connectivity index (χ0) is 9.84. The minimum atomic E-state index is -0.154. The third-order valence-corrected chi connectivity index (χ3v) is 1.77. The molecular weight excluding hydrogens is 165 g/mol. The van der Waals surface area contributed by atoms with E-state index in [1.54, 1.807) is 26.0 Å². The van der Waals surface area contributed by atoms with Gasteiger partial charge in [-0.05, 0) is 37.1 Å². The standard InChI is InChI=1S/C11H12FN/c1-8-6-10(4-3-5-13)7-9(2)11(8)12/h6-7H,5,13H2,1-2H3. The van der Waals surface area contributed by atoms with Gasteiger partial charge in [0.1, 0.15) is 5.82 Å². The Morgan fingerprint density at radius 2 is 1.85 bits per heavy atom. The summed E-state index contributed by atoms with van der Waals surface area (Å²) in [5, 5.41) is 0. The second-order valence-electron chi connectivity index (χ2n) is 2.93. The van der Waals surface area contributed by atoms with Gasteiger partial charge in [0.25, 0.3) is 0 Å². The molecule has 0 amide bonds. The first kappa shape index (κ1) is 9.76. The quantitative estimate of drug-likeness (QED) is 0.600. The summed E-state index contributed by atoms with van der Waals surface area (Å²) < 4.78 is 13.2. The van der Waals surface area contributed by atoms with Gasteiger partial charge in [-0.25, -0.2) is 4.39 Å². The third kappa shape index (κ3) is 2.30. The summed E-state index contributed by atoms with van der Waals surface area (Å²) in [6.07, 6.45) is 0. The minimum absolute atomic E-state index is 0.154. The molecular formula is C11H12FN. The topological polar surface area (TPSA) is 26.0 Å². The van der Waals surface area contributed by atoms with E-state index < -0.39 is 0 Å². The molecule has 1 rings (SSSR count). The summed E-state index contributed by atoms with van der Waals surface area (Å²) in [6.45, 7) is 3.79. The Morgan fingerprint density at radius 1 is 1.31 bits per heavy atom. The molecule has 1 nitrogen and oxygen atoms in total. The molecule has 0 aliphatic rings. The highest BCUT2D eigenvalue weighted by Crippen LogP contribution is 2.13. The van der Waals surface area contributed by atoms with E-state index in [-0.39, 0.29) is 5.82 Å². The number of aryl methyl sites for hydroxylation is 2. The number of nitrogens with two attached hydrogens (primary N) is 1. The van der Waals surface area contributed by atoms with Gasteiger partial charge < -0.3 is 5.73 Å². The number of halogens is 1. The van der Waals surface area contributed by atoms with Crippen molar-refractivity contribution in [2.24, 2.45) is 5.73 Å². The fourth-order valence-electron chi connectivity index (χ4n) is 1.17. The van der Waals surface area contributed by atoms with Crippen molar-refractivity contribution >= 4 is 0 Å². The molecule has 0 bridgehead atoms. The van der Waals surface area contributed by atoms with Crippen molar-refractivity contribution in [3.8, 4) is 11.8 Å². The first-order valence-corrected chi connectivity index (χ1v) is 4.11. The van der Waals surface area contributed by atoms with Gasteiger partial charge in [0.05, 0.1) is 6.54 Å². The predicted molar refractivity (Wildman–Crippen MR) is 51.8 cm³/mol. The highest BCUT2D eigenvalue weighted by atomic mass is 19.1. The predicted octanol–water partition coefficient (Wildman–Crippen LogP) is 1.75. The van der Waals surface area contributed by atoms with Crippen molar-refractivity contribution in [2.75, 3.05) is 6.54 Å². The van der Waals surface area contributed by atoms with E-state index in [4.69, 9.17) is 5.73 Å². The number of hydrogen-bond donors (Lipinski definition) is 1. The van der Waals surface area contributed by atoms with Crippen LogP contribution in [0.4, 0.5) is 4.39 Å². The molecule has 1 aromatic rings. The lowest BCUT2D eigenvalue weighted by atomic mass is 10.1. The first-order valence-electron chi connectivity index (χ1n) is 4.11.